The zero-order valence-electron chi connectivity index (χ0n) is 43.2. The zero-order valence-corrected chi connectivity index (χ0v) is 43.2. The molecule has 0 aliphatic carbocycles. The Bertz CT molecular complexity index is 1290. The highest BCUT2D eigenvalue weighted by Gasteiger charge is 2.19. The van der Waals surface area contributed by atoms with Gasteiger partial charge in [0.1, 0.15) is 13.2 Å². The molecule has 0 aromatic rings. The van der Waals surface area contributed by atoms with E-state index < -0.39 is 6.10 Å². The van der Waals surface area contributed by atoms with Gasteiger partial charge >= 0.3 is 17.9 Å². The smallest absolute Gasteiger partial charge is 0.306 e. The number of unbranched alkanes of at least 4 members (excludes halogenated alkanes) is 29. The molecule has 1 atom stereocenters. The molecular formula is C60H102O6. The third kappa shape index (κ3) is 51.6. The van der Waals surface area contributed by atoms with E-state index in [0.717, 1.165) is 70.6 Å². The standard InChI is InChI=1S/C60H102O6/c1-4-7-10-13-16-19-22-25-27-29-31-32-35-38-41-44-47-50-53-59(62)65-56-57(55-64-58(61)52-49-46-43-40-37-34-24-21-18-15-12-9-6-3)66-60(63)54-51-48-45-42-39-36-33-30-28-26-23-20-17-14-11-8-5-2/h9,12,15,18,21,24,27,29,31-32,34,37,40,43,57H,4-8,10-11,13-14,16-17,19-20,22-23,25-26,28,30,33,35-36,38-39,41-42,44-56H2,1-3H3/b12-9+,18-15+,24-21+,29-27+,32-31+,37-34+,43-40+. The van der Waals surface area contributed by atoms with E-state index in [-0.39, 0.29) is 37.5 Å². The zero-order chi connectivity index (χ0) is 47.9. The van der Waals surface area contributed by atoms with Crippen molar-refractivity contribution in [1.29, 1.82) is 0 Å². The van der Waals surface area contributed by atoms with Crippen LogP contribution in [0.5, 0.6) is 0 Å². The molecule has 1 unspecified atom stereocenters. The normalized spacial score (nSPS) is 12.7. The lowest BCUT2D eigenvalue weighted by molar-refractivity contribution is -0.167. The molecule has 0 saturated heterocycles. The third-order valence-corrected chi connectivity index (χ3v) is 11.8. The molecule has 0 aromatic heterocycles. The summed E-state index contributed by atoms with van der Waals surface area (Å²) in [6.45, 7) is 6.43. The van der Waals surface area contributed by atoms with Crippen molar-refractivity contribution < 1.29 is 28.6 Å². The Kier molecular flexibility index (Phi) is 51.4. The lowest BCUT2D eigenvalue weighted by Crippen LogP contribution is -2.30. The van der Waals surface area contributed by atoms with E-state index in [0.29, 0.717) is 19.3 Å². The number of carbonyl (C=O) groups excluding carboxylic acids is 3. The fourth-order valence-corrected chi connectivity index (χ4v) is 7.64. The molecule has 0 saturated carbocycles. The average molecular weight is 919 g/mol. The quantitative estimate of drug-likeness (QED) is 0.0262. The van der Waals surface area contributed by atoms with Gasteiger partial charge in [0.15, 0.2) is 6.10 Å². The van der Waals surface area contributed by atoms with Crippen LogP contribution in [0.4, 0.5) is 0 Å². The molecule has 0 heterocycles. The van der Waals surface area contributed by atoms with E-state index in [4.69, 9.17) is 14.2 Å². The van der Waals surface area contributed by atoms with Crippen LogP contribution in [-0.2, 0) is 28.6 Å². The van der Waals surface area contributed by atoms with Crippen molar-refractivity contribution in [2.75, 3.05) is 13.2 Å². The Morgan fingerprint density at radius 3 is 1.00 bits per heavy atom. The summed E-state index contributed by atoms with van der Waals surface area (Å²) in [7, 11) is 0. The van der Waals surface area contributed by atoms with Gasteiger partial charge in [0, 0.05) is 19.3 Å². The van der Waals surface area contributed by atoms with Gasteiger partial charge in [0.25, 0.3) is 0 Å². The SMILES string of the molecule is CC/C=C/C=C/C=C/C=C/C=C/CCCC(=O)OCC(COC(=O)CCCCCCC/C=C/C=C/CCCCCCCCC)OC(=O)CCCCCCCCCCCCCCCCCCC. The van der Waals surface area contributed by atoms with Gasteiger partial charge in [-0.15, -0.1) is 0 Å². The van der Waals surface area contributed by atoms with E-state index in [1.165, 1.54) is 141 Å². The molecule has 0 aliphatic rings. The molecule has 0 aliphatic heterocycles. The van der Waals surface area contributed by atoms with Gasteiger partial charge < -0.3 is 14.2 Å². The van der Waals surface area contributed by atoms with Gasteiger partial charge in [-0.1, -0.05) is 266 Å². The molecule has 0 bridgehead atoms. The fraction of sp³-hybridized carbons (Fsp3) is 0.717. The third-order valence-electron chi connectivity index (χ3n) is 11.8. The lowest BCUT2D eigenvalue weighted by atomic mass is 10.0. The van der Waals surface area contributed by atoms with Crippen molar-refractivity contribution in [2.24, 2.45) is 0 Å². The van der Waals surface area contributed by atoms with Crippen LogP contribution in [0, 0.1) is 0 Å². The Morgan fingerprint density at radius 2 is 0.606 bits per heavy atom. The van der Waals surface area contributed by atoms with E-state index in [2.05, 4.69) is 51.2 Å². The van der Waals surface area contributed by atoms with Crippen molar-refractivity contribution in [1.82, 2.24) is 0 Å². The number of ether oxygens (including phenoxy) is 3. The number of allylic oxidation sites excluding steroid dienone is 14. The topological polar surface area (TPSA) is 78.9 Å². The first-order valence-electron chi connectivity index (χ1n) is 27.7. The summed E-state index contributed by atoms with van der Waals surface area (Å²) >= 11 is 0. The number of hydrogen-bond acceptors (Lipinski definition) is 6. The van der Waals surface area contributed by atoms with Crippen molar-refractivity contribution in [2.45, 2.75) is 264 Å². The van der Waals surface area contributed by atoms with E-state index in [1.54, 1.807) is 0 Å². The van der Waals surface area contributed by atoms with Gasteiger partial charge in [-0.25, -0.2) is 0 Å². The fourth-order valence-electron chi connectivity index (χ4n) is 7.64. The highest BCUT2D eigenvalue weighted by atomic mass is 16.6. The minimum Gasteiger partial charge on any atom is -0.462 e. The molecule has 378 valence electrons. The average Bonchev–Trinajstić information content (AvgIpc) is 3.31. The van der Waals surface area contributed by atoms with E-state index in [1.807, 2.05) is 54.7 Å². The molecule has 0 aromatic carbocycles. The van der Waals surface area contributed by atoms with E-state index >= 15 is 0 Å². The molecule has 0 N–H and O–H groups in total. The van der Waals surface area contributed by atoms with Gasteiger partial charge in [-0.3, -0.25) is 14.4 Å². The van der Waals surface area contributed by atoms with Gasteiger partial charge in [-0.2, -0.15) is 0 Å². The summed E-state index contributed by atoms with van der Waals surface area (Å²) in [5.41, 5.74) is 0. The number of hydrogen-bond donors (Lipinski definition) is 0. The lowest BCUT2D eigenvalue weighted by Gasteiger charge is -2.18. The molecule has 0 spiro atoms. The Hall–Kier alpha value is -3.41. The highest BCUT2D eigenvalue weighted by molar-refractivity contribution is 5.71. The maximum absolute atomic E-state index is 12.8. The first-order chi connectivity index (χ1) is 32.5. The molecular weight excluding hydrogens is 817 g/mol. The number of rotatable bonds is 49. The highest BCUT2D eigenvalue weighted by Crippen LogP contribution is 2.16. The maximum atomic E-state index is 12.8. The molecule has 0 fully saturated rings. The van der Waals surface area contributed by atoms with Crippen LogP contribution in [0.3, 0.4) is 0 Å². The second-order valence-electron chi connectivity index (χ2n) is 18.3. The van der Waals surface area contributed by atoms with Gasteiger partial charge in [0.2, 0.25) is 0 Å². The summed E-state index contributed by atoms with van der Waals surface area (Å²) in [6, 6.07) is 0. The minimum absolute atomic E-state index is 0.106. The van der Waals surface area contributed by atoms with Crippen LogP contribution in [0.2, 0.25) is 0 Å². The van der Waals surface area contributed by atoms with Gasteiger partial charge in [0.05, 0.1) is 0 Å². The molecule has 0 amide bonds. The van der Waals surface area contributed by atoms with Crippen molar-refractivity contribution in [3.8, 4) is 0 Å². The predicted octanol–water partition coefficient (Wildman–Crippen LogP) is 18.4. The van der Waals surface area contributed by atoms with E-state index in [9.17, 15) is 14.4 Å². The summed E-state index contributed by atoms with van der Waals surface area (Å²) in [5, 5.41) is 0. The van der Waals surface area contributed by atoms with Crippen LogP contribution in [0.1, 0.15) is 258 Å². The molecule has 6 heteroatoms. The van der Waals surface area contributed by atoms with Gasteiger partial charge in [-0.05, 0) is 57.8 Å². The van der Waals surface area contributed by atoms with Crippen molar-refractivity contribution in [3.63, 3.8) is 0 Å². The van der Waals surface area contributed by atoms with Crippen molar-refractivity contribution >= 4 is 17.9 Å². The first-order valence-corrected chi connectivity index (χ1v) is 27.7. The Labute approximate surface area is 407 Å². The monoisotopic (exact) mass is 919 g/mol. The number of carbonyl (C=O) groups is 3. The summed E-state index contributed by atoms with van der Waals surface area (Å²) in [4.78, 5) is 38.0. The van der Waals surface area contributed by atoms with Crippen LogP contribution in [0.25, 0.3) is 0 Å². The van der Waals surface area contributed by atoms with Crippen molar-refractivity contribution in [3.05, 3.63) is 85.1 Å². The summed E-state index contributed by atoms with van der Waals surface area (Å²) in [5.74, 6) is -0.990. The molecule has 0 radical (unpaired) electrons. The molecule has 0 rings (SSSR count). The number of esters is 3. The van der Waals surface area contributed by atoms with Crippen LogP contribution < -0.4 is 0 Å². The van der Waals surface area contributed by atoms with Crippen LogP contribution in [-0.4, -0.2) is 37.2 Å². The Morgan fingerprint density at radius 1 is 0.318 bits per heavy atom. The second-order valence-corrected chi connectivity index (χ2v) is 18.3. The summed E-state index contributed by atoms with van der Waals surface area (Å²) in [6.07, 6.45) is 70.1. The predicted molar refractivity (Wildman–Crippen MR) is 284 cm³/mol. The maximum Gasteiger partial charge on any atom is 0.306 e. The largest absolute Gasteiger partial charge is 0.462 e. The molecule has 66 heavy (non-hydrogen) atoms. The summed E-state index contributed by atoms with van der Waals surface area (Å²) < 4.78 is 16.8. The van der Waals surface area contributed by atoms with Crippen LogP contribution in [0.15, 0.2) is 85.1 Å². The molecule has 6 nitrogen and oxygen atoms in total. The Balaban J connectivity index is 4.46. The first kappa shape index (κ1) is 62.6. The minimum atomic E-state index is -0.810. The second kappa shape index (κ2) is 54.2. The van der Waals surface area contributed by atoms with Crippen LogP contribution >= 0.6 is 0 Å².